The number of anilines is 1. The number of aromatic nitrogens is 3. The van der Waals surface area contributed by atoms with Crippen LogP contribution in [0.1, 0.15) is 55.1 Å². The average Bonchev–Trinajstić information content (AvgIpc) is 3.34. The first-order chi connectivity index (χ1) is 16.8. The van der Waals surface area contributed by atoms with Crippen LogP contribution in [0.2, 0.25) is 0 Å². The highest BCUT2D eigenvalue weighted by Crippen LogP contribution is 2.43. The first-order valence-corrected chi connectivity index (χ1v) is 11.9. The summed E-state index contributed by atoms with van der Waals surface area (Å²) in [6.45, 7) is 2.84. The minimum atomic E-state index is -4.46. The molecule has 2 aliphatic rings. The Bertz CT molecular complexity index is 1130. The summed E-state index contributed by atoms with van der Waals surface area (Å²) in [5, 5.41) is 4.34. The summed E-state index contributed by atoms with van der Waals surface area (Å²) in [5.41, 5.74) is -0.247. The second-order valence-corrected chi connectivity index (χ2v) is 9.30. The second kappa shape index (κ2) is 9.56. The van der Waals surface area contributed by atoms with Crippen LogP contribution in [-0.2, 0) is 18.1 Å². The quantitative estimate of drug-likeness (QED) is 0.460. The Balaban J connectivity index is 1.25. The van der Waals surface area contributed by atoms with E-state index in [1.54, 1.807) is 6.07 Å². The van der Waals surface area contributed by atoms with Gasteiger partial charge in [-0.1, -0.05) is 42.6 Å². The first-order valence-electron chi connectivity index (χ1n) is 11.9. The summed E-state index contributed by atoms with van der Waals surface area (Å²) in [6.07, 6.45) is 0.565. The summed E-state index contributed by atoms with van der Waals surface area (Å²) >= 11 is 0. The summed E-state index contributed by atoms with van der Waals surface area (Å²) < 4.78 is 58.2. The Morgan fingerprint density at radius 3 is 2.29 bits per heavy atom. The van der Waals surface area contributed by atoms with Gasteiger partial charge in [0.25, 0.3) is 0 Å². The van der Waals surface area contributed by atoms with E-state index in [-0.39, 0.29) is 11.2 Å². The molecule has 2 aromatic heterocycles. The van der Waals surface area contributed by atoms with E-state index in [9.17, 15) is 17.6 Å². The summed E-state index contributed by atoms with van der Waals surface area (Å²) in [7, 11) is 0. The maximum Gasteiger partial charge on any atom is 0.433 e. The van der Waals surface area contributed by atoms with Gasteiger partial charge in [0.05, 0.1) is 12.0 Å². The molecule has 0 spiro atoms. The van der Waals surface area contributed by atoms with Crippen molar-refractivity contribution < 1.29 is 22.1 Å². The second-order valence-electron chi connectivity index (χ2n) is 9.30. The molecule has 1 aliphatic carbocycles. The zero-order valence-corrected chi connectivity index (χ0v) is 19.3. The molecule has 1 saturated carbocycles. The Morgan fingerprint density at radius 1 is 0.886 bits per heavy atom. The largest absolute Gasteiger partial charge is 0.433 e. The predicted octanol–water partition coefficient (Wildman–Crippen LogP) is 5.19. The van der Waals surface area contributed by atoms with Gasteiger partial charge in [-0.05, 0) is 42.7 Å². The van der Waals surface area contributed by atoms with Crippen LogP contribution >= 0.6 is 0 Å². The molecule has 10 heteroatoms. The van der Waals surface area contributed by atoms with E-state index in [1.165, 1.54) is 18.2 Å². The van der Waals surface area contributed by atoms with Crippen LogP contribution in [0.15, 0.2) is 47.0 Å². The lowest BCUT2D eigenvalue weighted by Gasteiger charge is -2.35. The number of piperazine rings is 1. The van der Waals surface area contributed by atoms with Gasteiger partial charge in [0.2, 0.25) is 5.89 Å². The molecule has 35 heavy (non-hydrogen) atoms. The molecule has 1 aliphatic heterocycles. The number of rotatable bonds is 5. The van der Waals surface area contributed by atoms with E-state index in [4.69, 9.17) is 9.51 Å². The van der Waals surface area contributed by atoms with Crippen molar-refractivity contribution in [3.8, 4) is 0 Å². The Hall–Kier alpha value is -3.01. The van der Waals surface area contributed by atoms with Crippen molar-refractivity contribution in [3.63, 3.8) is 0 Å². The molecule has 0 unspecified atom stereocenters. The van der Waals surface area contributed by atoms with Gasteiger partial charge in [0.1, 0.15) is 17.3 Å². The van der Waals surface area contributed by atoms with Crippen molar-refractivity contribution in [2.24, 2.45) is 0 Å². The normalized spacial score (nSPS) is 19.1. The van der Waals surface area contributed by atoms with Crippen LogP contribution in [0, 0.1) is 5.82 Å². The van der Waals surface area contributed by atoms with Crippen LogP contribution < -0.4 is 4.90 Å². The topological polar surface area (TPSA) is 58.3 Å². The highest BCUT2D eigenvalue weighted by atomic mass is 19.4. The molecule has 1 saturated heterocycles. The van der Waals surface area contributed by atoms with E-state index in [0.717, 1.165) is 43.7 Å². The highest BCUT2D eigenvalue weighted by Gasteiger charge is 2.40. The maximum atomic E-state index is 13.5. The zero-order chi connectivity index (χ0) is 24.5. The standard InChI is InChI=1S/C25H27F4N5O/c26-19-9-7-18(8-10-19)24(11-2-1-3-12-24)23-31-22(35-32-23)17-33-13-15-34(16-14-33)21-6-4-5-20(30-21)25(27,28)29/h4-10H,1-3,11-17H2. The maximum absolute atomic E-state index is 13.5. The van der Waals surface area contributed by atoms with Crippen molar-refractivity contribution in [1.29, 1.82) is 0 Å². The number of halogens is 4. The van der Waals surface area contributed by atoms with Crippen molar-refractivity contribution in [1.82, 2.24) is 20.0 Å². The molecule has 5 rings (SSSR count). The van der Waals surface area contributed by atoms with Crippen LogP contribution in [0.4, 0.5) is 23.4 Å². The van der Waals surface area contributed by atoms with Gasteiger partial charge in [-0.2, -0.15) is 18.2 Å². The third kappa shape index (κ3) is 5.03. The zero-order valence-electron chi connectivity index (χ0n) is 19.3. The van der Waals surface area contributed by atoms with Gasteiger partial charge in [-0.25, -0.2) is 9.37 Å². The summed E-state index contributed by atoms with van der Waals surface area (Å²) in [4.78, 5) is 12.5. The SMILES string of the molecule is Fc1ccc(C2(c3noc(CN4CCN(c5cccc(C(F)(F)F)n5)CC4)n3)CCCCC2)cc1. The lowest BCUT2D eigenvalue weighted by atomic mass is 9.69. The van der Waals surface area contributed by atoms with Crippen LogP contribution in [0.3, 0.4) is 0 Å². The van der Waals surface area contributed by atoms with Crippen molar-refractivity contribution >= 4 is 5.82 Å². The summed E-state index contributed by atoms with van der Waals surface area (Å²) in [5.74, 6) is 1.22. The highest BCUT2D eigenvalue weighted by molar-refractivity contribution is 5.40. The molecule has 186 valence electrons. The predicted molar refractivity (Wildman–Crippen MR) is 121 cm³/mol. The monoisotopic (exact) mass is 489 g/mol. The van der Waals surface area contributed by atoms with Crippen LogP contribution in [0.25, 0.3) is 0 Å². The third-order valence-corrected chi connectivity index (χ3v) is 7.08. The molecule has 0 amide bonds. The Morgan fingerprint density at radius 2 is 1.60 bits per heavy atom. The van der Waals surface area contributed by atoms with Gasteiger partial charge in [0.15, 0.2) is 5.82 Å². The molecule has 3 aromatic rings. The van der Waals surface area contributed by atoms with Gasteiger partial charge in [-0.15, -0.1) is 0 Å². The van der Waals surface area contributed by atoms with Crippen LogP contribution in [-0.4, -0.2) is 46.2 Å². The number of nitrogens with zero attached hydrogens (tertiary/aromatic N) is 5. The number of hydrogen-bond acceptors (Lipinski definition) is 6. The molecule has 0 bridgehead atoms. The minimum Gasteiger partial charge on any atom is -0.354 e. The molecule has 3 heterocycles. The number of pyridine rings is 1. The number of benzene rings is 1. The van der Waals surface area contributed by atoms with Crippen molar-refractivity contribution in [3.05, 3.63) is 71.3 Å². The minimum absolute atomic E-state index is 0.270. The third-order valence-electron chi connectivity index (χ3n) is 7.08. The average molecular weight is 490 g/mol. The molecule has 0 radical (unpaired) electrons. The van der Waals surface area contributed by atoms with Crippen LogP contribution in [0.5, 0.6) is 0 Å². The smallest absolute Gasteiger partial charge is 0.354 e. The molecule has 6 nitrogen and oxygen atoms in total. The summed E-state index contributed by atoms with van der Waals surface area (Å²) in [6, 6.07) is 10.6. The van der Waals surface area contributed by atoms with E-state index >= 15 is 0 Å². The molecular weight excluding hydrogens is 462 g/mol. The van der Waals surface area contributed by atoms with E-state index < -0.39 is 11.9 Å². The molecule has 2 fully saturated rings. The van der Waals surface area contributed by atoms with E-state index in [2.05, 4.69) is 15.0 Å². The van der Waals surface area contributed by atoms with Gasteiger partial charge < -0.3 is 9.42 Å². The van der Waals surface area contributed by atoms with Gasteiger partial charge in [0, 0.05) is 26.2 Å². The van der Waals surface area contributed by atoms with E-state index in [1.807, 2.05) is 17.0 Å². The van der Waals surface area contributed by atoms with Crippen molar-refractivity contribution in [2.75, 3.05) is 31.1 Å². The number of hydrogen-bond donors (Lipinski definition) is 0. The fourth-order valence-corrected chi connectivity index (χ4v) is 5.16. The molecule has 1 aromatic carbocycles. The van der Waals surface area contributed by atoms with Gasteiger partial charge in [-0.3, -0.25) is 4.90 Å². The molecule has 0 N–H and O–H groups in total. The first kappa shape index (κ1) is 23.7. The number of alkyl halides is 3. The lowest BCUT2D eigenvalue weighted by molar-refractivity contribution is -0.141. The lowest BCUT2D eigenvalue weighted by Crippen LogP contribution is -2.46. The van der Waals surface area contributed by atoms with Crippen molar-refractivity contribution in [2.45, 2.75) is 50.2 Å². The van der Waals surface area contributed by atoms with Gasteiger partial charge >= 0.3 is 6.18 Å². The Kier molecular flexibility index (Phi) is 6.48. The van der Waals surface area contributed by atoms with E-state index in [0.29, 0.717) is 50.3 Å². The fraction of sp³-hybridized carbons (Fsp3) is 0.480. The fourth-order valence-electron chi connectivity index (χ4n) is 5.16. The Labute approximate surface area is 200 Å². The molecule has 0 atom stereocenters. The molecular formula is C25H27F4N5O.